The standard InChI is InChI=1S/C11H10N2O4S2/c1-5-7(12-6(2)17-5)3-8-10(16)13(4-9(14)15)11(18)19-8/h3H,4H2,1-2H3,(H,14,15). The predicted octanol–water partition coefficient (Wildman–Crippen LogP) is 1.58. The molecule has 1 aliphatic heterocycles. The molecule has 2 rings (SSSR count). The maximum Gasteiger partial charge on any atom is 0.323 e. The molecular formula is C11H10N2O4S2. The Labute approximate surface area is 118 Å². The van der Waals surface area contributed by atoms with Crippen molar-refractivity contribution < 1.29 is 19.1 Å². The van der Waals surface area contributed by atoms with Crippen molar-refractivity contribution >= 4 is 46.3 Å². The molecule has 1 amide bonds. The highest BCUT2D eigenvalue weighted by Crippen LogP contribution is 2.32. The summed E-state index contributed by atoms with van der Waals surface area (Å²) in [5.41, 5.74) is 0.549. The zero-order valence-electron chi connectivity index (χ0n) is 10.2. The molecule has 0 bridgehead atoms. The largest absolute Gasteiger partial charge is 0.480 e. The van der Waals surface area contributed by atoms with Gasteiger partial charge in [0.1, 0.15) is 22.3 Å². The number of nitrogens with zero attached hydrogens (tertiary/aromatic N) is 2. The number of carbonyl (C=O) groups is 2. The highest BCUT2D eigenvalue weighted by atomic mass is 32.2. The lowest BCUT2D eigenvalue weighted by molar-refractivity contribution is -0.140. The number of carbonyl (C=O) groups excluding carboxylic acids is 1. The average Bonchev–Trinajstić information content (AvgIpc) is 2.74. The van der Waals surface area contributed by atoms with Gasteiger partial charge in [0.15, 0.2) is 5.89 Å². The fourth-order valence-corrected chi connectivity index (χ4v) is 2.81. The van der Waals surface area contributed by atoms with E-state index in [-0.39, 0.29) is 4.32 Å². The smallest absolute Gasteiger partial charge is 0.323 e. The quantitative estimate of drug-likeness (QED) is 0.670. The Morgan fingerprint density at radius 1 is 1.58 bits per heavy atom. The van der Waals surface area contributed by atoms with Gasteiger partial charge >= 0.3 is 5.97 Å². The van der Waals surface area contributed by atoms with E-state index in [9.17, 15) is 9.59 Å². The van der Waals surface area contributed by atoms with Crippen LogP contribution >= 0.6 is 24.0 Å². The van der Waals surface area contributed by atoms with E-state index in [0.29, 0.717) is 22.3 Å². The fourth-order valence-electron chi connectivity index (χ4n) is 1.57. The van der Waals surface area contributed by atoms with Crippen molar-refractivity contribution in [2.75, 3.05) is 6.54 Å². The summed E-state index contributed by atoms with van der Waals surface area (Å²) in [6, 6.07) is 0. The Bertz CT molecular complexity index is 606. The number of amides is 1. The Morgan fingerprint density at radius 2 is 2.26 bits per heavy atom. The van der Waals surface area contributed by atoms with Crippen LogP contribution in [0, 0.1) is 13.8 Å². The van der Waals surface area contributed by atoms with Gasteiger partial charge in [0.25, 0.3) is 5.91 Å². The third-order valence-corrected chi connectivity index (χ3v) is 3.75. The normalized spacial score (nSPS) is 17.6. The molecule has 1 aromatic heterocycles. The van der Waals surface area contributed by atoms with Crippen molar-refractivity contribution in [1.82, 2.24) is 9.88 Å². The number of aliphatic carboxylic acids is 1. The van der Waals surface area contributed by atoms with Gasteiger partial charge in [-0.05, 0) is 13.0 Å². The van der Waals surface area contributed by atoms with Crippen molar-refractivity contribution in [3.63, 3.8) is 0 Å². The molecule has 0 aliphatic carbocycles. The molecule has 1 aliphatic rings. The molecule has 0 radical (unpaired) electrons. The SMILES string of the molecule is Cc1nc(C=C2SC(=S)N(CC(=O)O)C2=O)c(C)o1. The molecule has 100 valence electrons. The number of hydrogen-bond acceptors (Lipinski definition) is 6. The molecule has 0 unspecified atom stereocenters. The minimum absolute atomic E-state index is 0.233. The summed E-state index contributed by atoms with van der Waals surface area (Å²) in [5.74, 6) is -0.422. The van der Waals surface area contributed by atoms with E-state index in [4.69, 9.17) is 21.7 Å². The van der Waals surface area contributed by atoms with Gasteiger partial charge in [0, 0.05) is 6.92 Å². The summed E-state index contributed by atoms with van der Waals surface area (Å²) < 4.78 is 5.49. The Hall–Kier alpha value is -1.67. The van der Waals surface area contributed by atoms with Crippen LogP contribution in [0.1, 0.15) is 17.3 Å². The van der Waals surface area contributed by atoms with Gasteiger partial charge in [0.2, 0.25) is 0 Å². The van der Waals surface area contributed by atoms with E-state index < -0.39 is 18.4 Å². The fraction of sp³-hybridized carbons (Fsp3) is 0.273. The van der Waals surface area contributed by atoms with E-state index in [1.807, 2.05) is 0 Å². The van der Waals surface area contributed by atoms with Crippen molar-refractivity contribution in [3.8, 4) is 0 Å². The summed E-state index contributed by atoms with van der Waals surface area (Å²) in [6.07, 6.45) is 1.56. The lowest BCUT2D eigenvalue weighted by Crippen LogP contribution is -2.33. The second kappa shape index (κ2) is 5.14. The minimum atomic E-state index is -1.11. The maximum atomic E-state index is 12.0. The lowest BCUT2D eigenvalue weighted by atomic mass is 10.3. The zero-order valence-corrected chi connectivity index (χ0v) is 11.8. The zero-order chi connectivity index (χ0) is 14.2. The van der Waals surface area contributed by atoms with E-state index in [1.165, 1.54) is 0 Å². The van der Waals surface area contributed by atoms with Crippen LogP contribution in [0.3, 0.4) is 0 Å². The van der Waals surface area contributed by atoms with E-state index in [1.54, 1.807) is 19.9 Å². The molecule has 0 saturated carbocycles. The van der Waals surface area contributed by atoms with Gasteiger partial charge in [-0.1, -0.05) is 24.0 Å². The molecule has 0 atom stereocenters. The van der Waals surface area contributed by atoms with Crippen LogP contribution in [0.15, 0.2) is 9.32 Å². The van der Waals surface area contributed by atoms with Crippen LogP contribution in [-0.4, -0.2) is 37.7 Å². The van der Waals surface area contributed by atoms with Crippen LogP contribution in [0.2, 0.25) is 0 Å². The van der Waals surface area contributed by atoms with Crippen LogP contribution < -0.4 is 0 Å². The van der Waals surface area contributed by atoms with Crippen molar-refractivity contribution in [2.45, 2.75) is 13.8 Å². The molecule has 19 heavy (non-hydrogen) atoms. The summed E-state index contributed by atoms with van der Waals surface area (Å²) in [6.45, 7) is 3.02. The van der Waals surface area contributed by atoms with Crippen LogP contribution in [0.25, 0.3) is 6.08 Å². The van der Waals surface area contributed by atoms with Gasteiger partial charge in [-0.2, -0.15) is 0 Å². The van der Waals surface area contributed by atoms with Gasteiger partial charge < -0.3 is 9.52 Å². The number of thiocarbonyl (C=S) groups is 1. The second-order valence-electron chi connectivity index (χ2n) is 3.84. The topological polar surface area (TPSA) is 83.6 Å². The first-order valence-corrected chi connectivity index (χ1v) is 6.52. The van der Waals surface area contributed by atoms with Crippen LogP contribution in [0.5, 0.6) is 0 Å². The lowest BCUT2D eigenvalue weighted by Gasteiger charge is -2.09. The molecule has 0 spiro atoms. The van der Waals surface area contributed by atoms with Gasteiger partial charge in [-0.15, -0.1) is 0 Å². The average molecular weight is 298 g/mol. The second-order valence-corrected chi connectivity index (χ2v) is 5.51. The number of oxazole rings is 1. The molecule has 0 aromatic carbocycles. The summed E-state index contributed by atoms with van der Waals surface area (Å²) in [7, 11) is 0. The number of carboxylic acid groups (broad SMARTS) is 1. The summed E-state index contributed by atoms with van der Waals surface area (Å²) in [4.78, 5) is 28.2. The Kier molecular flexibility index (Phi) is 3.72. The molecule has 1 fully saturated rings. The molecule has 6 nitrogen and oxygen atoms in total. The molecule has 1 saturated heterocycles. The number of thioether (sulfide) groups is 1. The highest BCUT2D eigenvalue weighted by molar-refractivity contribution is 8.26. The monoisotopic (exact) mass is 298 g/mol. The number of hydrogen-bond donors (Lipinski definition) is 1. The third kappa shape index (κ3) is 2.85. The van der Waals surface area contributed by atoms with Crippen molar-refractivity contribution in [2.24, 2.45) is 0 Å². The third-order valence-electron chi connectivity index (χ3n) is 2.37. The molecular weight excluding hydrogens is 288 g/mol. The first kappa shape index (κ1) is 13.8. The number of carboxylic acids is 1. The molecule has 1 aromatic rings. The van der Waals surface area contributed by atoms with Crippen LogP contribution in [0.4, 0.5) is 0 Å². The number of aryl methyl sites for hydroxylation is 2. The van der Waals surface area contributed by atoms with Crippen LogP contribution in [-0.2, 0) is 9.59 Å². The van der Waals surface area contributed by atoms with Gasteiger partial charge in [-0.3, -0.25) is 14.5 Å². The summed E-state index contributed by atoms with van der Waals surface area (Å²) >= 11 is 6.05. The number of rotatable bonds is 3. The maximum absolute atomic E-state index is 12.0. The number of aromatic nitrogens is 1. The van der Waals surface area contributed by atoms with Crippen molar-refractivity contribution in [1.29, 1.82) is 0 Å². The van der Waals surface area contributed by atoms with E-state index >= 15 is 0 Å². The van der Waals surface area contributed by atoms with Gasteiger partial charge in [-0.25, -0.2) is 4.98 Å². The summed E-state index contributed by atoms with van der Waals surface area (Å²) in [5, 5.41) is 8.72. The van der Waals surface area contributed by atoms with E-state index in [2.05, 4.69) is 4.98 Å². The predicted molar refractivity (Wildman–Crippen MR) is 73.5 cm³/mol. The molecule has 2 heterocycles. The Morgan fingerprint density at radius 3 is 2.79 bits per heavy atom. The minimum Gasteiger partial charge on any atom is -0.480 e. The first-order chi connectivity index (χ1) is 8.88. The molecule has 1 N–H and O–H groups in total. The highest BCUT2D eigenvalue weighted by Gasteiger charge is 2.33. The van der Waals surface area contributed by atoms with Crippen molar-refractivity contribution in [3.05, 3.63) is 22.3 Å². The Balaban J connectivity index is 2.28. The molecule has 8 heteroatoms. The van der Waals surface area contributed by atoms with E-state index in [0.717, 1.165) is 16.7 Å². The first-order valence-electron chi connectivity index (χ1n) is 5.29. The van der Waals surface area contributed by atoms with Gasteiger partial charge in [0.05, 0.1) is 4.91 Å².